The van der Waals surface area contributed by atoms with Crippen LogP contribution in [0, 0.1) is 0 Å². The molecule has 0 aliphatic rings. The average molecular weight is 390 g/mol. The van der Waals surface area contributed by atoms with Crippen molar-refractivity contribution in [1.29, 1.82) is 0 Å². The van der Waals surface area contributed by atoms with Crippen LogP contribution in [0.15, 0.2) is 94.0 Å². The number of aromatic nitrogens is 4. The van der Waals surface area contributed by atoms with Crippen molar-refractivity contribution in [3.8, 4) is 34.3 Å². The Balaban J connectivity index is 1.28. The predicted molar refractivity (Wildman–Crippen MR) is 113 cm³/mol. The topological polar surface area (TPSA) is 77.8 Å². The van der Waals surface area contributed by atoms with E-state index >= 15 is 0 Å². The molecule has 2 aromatic carbocycles. The Kier molecular flexibility index (Phi) is 3.67. The van der Waals surface area contributed by atoms with Crippen molar-refractivity contribution < 1.29 is 8.83 Å². The van der Waals surface area contributed by atoms with Gasteiger partial charge in [0, 0.05) is 23.5 Å². The second-order valence-corrected chi connectivity index (χ2v) is 6.84. The molecule has 6 aromatic rings. The highest BCUT2D eigenvalue weighted by Gasteiger charge is 2.11. The molecule has 0 atom stereocenters. The average Bonchev–Trinajstić information content (AvgIpc) is 3.44. The van der Waals surface area contributed by atoms with Crippen molar-refractivity contribution in [2.75, 3.05) is 0 Å². The maximum Gasteiger partial charge on any atom is 0.246 e. The van der Waals surface area contributed by atoms with Crippen molar-refractivity contribution in [3.05, 3.63) is 85.2 Å². The molecule has 0 saturated carbocycles. The molecule has 4 aromatic heterocycles. The van der Waals surface area contributed by atoms with E-state index in [9.17, 15) is 0 Å². The zero-order valence-corrected chi connectivity index (χ0v) is 15.7. The number of fused-ring (bicyclic) bond motifs is 2. The molecule has 0 amide bonds. The lowest BCUT2D eigenvalue weighted by Crippen LogP contribution is -1.88. The molecule has 30 heavy (non-hydrogen) atoms. The van der Waals surface area contributed by atoms with Crippen molar-refractivity contribution in [2.45, 2.75) is 0 Å². The first-order chi connectivity index (χ1) is 14.8. The van der Waals surface area contributed by atoms with E-state index in [1.807, 2.05) is 72.8 Å². The van der Waals surface area contributed by atoms with Crippen LogP contribution in [0.3, 0.4) is 0 Å². The standard InChI is InChI=1S/C24H14N4O2/c1-3-7-21-17(5-1)27-23(29-21)19-11-9-15(13-25-19)16-10-12-20(26-14-16)24-28-18-6-2-4-8-22(18)30-24/h1-14H. The highest BCUT2D eigenvalue weighted by molar-refractivity contribution is 5.77. The molecule has 0 N–H and O–H groups in total. The Labute approximate surface area is 170 Å². The zero-order valence-electron chi connectivity index (χ0n) is 15.7. The van der Waals surface area contributed by atoms with Crippen molar-refractivity contribution in [1.82, 2.24) is 19.9 Å². The molecule has 6 heteroatoms. The Morgan fingerprint density at radius 1 is 0.500 bits per heavy atom. The fraction of sp³-hybridized carbons (Fsp3) is 0. The minimum Gasteiger partial charge on any atom is -0.435 e. The van der Waals surface area contributed by atoms with E-state index in [2.05, 4.69) is 19.9 Å². The van der Waals surface area contributed by atoms with Crippen LogP contribution in [0.2, 0.25) is 0 Å². The van der Waals surface area contributed by atoms with E-state index in [0.29, 0.717) is 23.2 Å². The van der Waals surface area contributed by atoms with Crippen LogP contribution in [0.25, 0.3) is 56.5 Å². The van der Waals surface area contributed by atoms with E-state index in [4.69, 9.17) is 8.83 Å². The smallest absolute Gasteiger partial charge is 0.246 e. The van der Waals surface area contributed by atoms with Gasteiger partial charge in [0.25, 0.3) is 0 Å². The summed E-state index contributed by atoms with van der Waals surface area (Å²) in [5, 5.41) is 0. The first kappa shape index (κ1) is 16.6. The van der Waals surface area contributed by atoms with Crippen LogP contribution >= 0.6 is 0 Å². The molecule has 0 aliphatic carbocycles. The number of hydrogen-bond donors (Lipinski definition) is 0. The van der Waals surface area contributed by atoms with Gasteiger partial charge in [-0.2, -0.15) is 0 Å². The van der Waals surface area contributed by atoms with Gasteiger partial charge in [0.05, 0.1) is 0 Å². The van der Waals surface area contributed by atoms with Gasteiger partial charge in [-0.1, -0.05) is 36.4 Å². The quantitative estimate of drug-likeness (QED) is 0.382. The van der Waals surface area contributed by atoms with Crippen LogP contribution in [0.5, 0.6) is 0 Å². The van der Waals surface area contributed by atoms with Gasteiger partial charge in [-0.25, -0.2) is 9.97 Å². The minimum atomic E-state index is 0.507. The lowest BCUT2D eigenvalue weighted by atomic mass is 10.1. The van der Waals surface area contributed by atoms with Crippen LogP contribution < -0.4 is 0 Å². The van der Waals surface area contributed by atoms with Gasteiger partial charge in [0.1, 0.15) is 22.4 Å². The molecule has 142 valence electrons. The van der Waals surface area contributed by atoms with Gasteiger partial charge in [-0.3, -0.25) is 9.97 Å². The molecule has 6 nitrogen and oxygen atoms in total. The number of nitrogens with zero attached hydrogens (tertiary/aromatic N) is 4. The van der Waals surface area contributed by atoms with Crippen LogP contribution in [-0.4, -0.2) is 19.9 Å². The predicted octanol–water partition coefficient (Wildman–Crippen LogP) is 5.76. The molecular formula is C24H14N4O2. The molecule has 0 fully saturated rings. The van der Waals surface area contributed by atoms with Crippen LogP contribution in [-0.2, 0) is 0 Å². The second-order valence-electron chi connectivity index (χ2n) is 6.84. The van der Waals surface area contributed by atoms with Gasteiger partial charge in [-0.15, -0.1) is 0 Å². The van der Waals surface area contributed by atoms with Crippen molar-refractivity contribution >= 4 is 22.2 Å². The van der Waals surface area contributed by atoms with Crippen molar-refractivity contribution in [3.63, 3.8) is 0 Å². The van der Waals surface area contributed by atoms with Gasteiger partial charge in [0.15, 0.2) is 11.2 Å². The summed E-state index contributed by atoms with van der Waals surface area (Å²) in [4.78, 5) is 18.0. The number of benzene rings is 2. The maximum atomic E-state index is 5.79. The third-order valence-corrected chi connectivity index (χ3v) is 4.89. The lowest BCUT2D eigenvalue weighted by Gasteiger charge is -2.02. The first-order valence-electron chi connectivity index (χ1n) is 9.48. The van der Waals surface area contributed by atoms with Gasteiger partial charge in [0.2, 0.25) is 11.8 Å². The number of pyridine rings is 2. The van der Waals surface area contributed by atoms with Crippen molar-refractivity contribution in [2.24, 2.45) is 0 Å². The Morgan fingerprint density at radius 3 is 1.37 bits per heavy atom. The molecule has 0 radical (unpaired) electrons. The van der Waals surface area contributed by atoms with E-state index in [1.165, 1.54) is 0 Å². The van der Waals surface area contributed by atoms with E-state index < -0.39 is 0 Å². The Morgan fingerprint density at radius 2 is 0.967 bits per heavy atom. The zero-order chi connectivity index (χ0) is 19.9. The summed E-state index contributed by atoms with van der Waals surface area (Å²) >= 11 is 0. The summed E-state index contributed by atoms with van der Waals surface area (Å²) < 4.78 is 11.6. The van der Waals surface area contributed by atoms with E-state index in [0.717, 1.165) is 33.3 Å². The molecule has 6 rings (SSSR count). The second kappa shape index (κ2) is 6.63. The summed E-state index contributed by atoms with van der Waals surface area (Å²) in [6.45, 7) is 0. The Bertz CT molecular complexity index is 1300. The van der Waals surface area contributed by atoms with Gasteiger partial charge in [-0.05, 0) is 36.4 Å². The van der Waals surface area contributed by atoms with E-state index in [-0.39, 0.29) is 0 Å². The largest absolute Gasteiger partial charge is 0.435 e. The van der Waals surface area contributed by atoms with Crippen LogP contribution in [0.1, 0.15) is 0 Å². The van der Waals surface area contributed by atoms with Gasteiger partial charge < -0.3 is 8.83 Å². The van der Waals surface area contributed by atoms with E-state index in [1.54, 1.807) is 12.4 Å². The third-order valence-electron chi connectivity index (χ3n) is 4.89. The molecule has 0 spiro atoms. The summed E-state index contributed by atoms with van der Waals surface area (Å²) in [5.41, 5.74) is 6.40. The Hall–Kier alpha value is -4.32. The monoisotopic (exact) mass is 390 g/mol. The summed E-state index contributed by atoms with van der Waals surface area (Å²) in [6.07, 6.45) is 3.58. The summed E-state index contributed by atoms with van der Waals surface area (Å²) in [5.74, 6) is 1.01. The minimum absolute atomic E-state index is 0.507. The highest BCUT2D eigenvalue weighted by atomic mass is 16.4. The summed E-state index contributed by atoms with van der Waals surface area (Å²) in [6, 6.07) is 23.1. The molecule has 0 aliphatic heterocycles. The first-order valence-corrected chi connectivity index (χ1v) is 9.48. The molecular weight excluding hydrogens is 376 g/mol. The summed E-state index contributed by atoms with van der Waals surface area (Å²) in [7, 11) is 0. The fourth-order valence-corrected chi connectivity index (χ4v) is 3.35. The molecule has 0 bridgehead atoms. The lowest BCUT2D eigenvalue weighted by molar-refractivity contribution is 0.616. The number of hydrogen-bond acceptors (Lipinski definition) is 6. The molecule has 4 heterocycles. The fourth-order valence-electron chi connectivity index (χ4n) is 3.35. The SMILES string of the molecule is c1ccc2oc(-c3ccc(-c4ccc(-c5nc6ccccc6o5)nc4)cn3)nc2c1. The normalized spacial score (nSPS) is 11.3. The van der Waals surface area contributed by atoms with Crippen LogP contribution in [0.4, 0.5) is 0 Å². The number of para-hydroxylation sites is 4. The number of oxazole rings is 2. The van der Waals surface area contributed by atoms with Gasteiger partial charge >= 0.3 is 0 Å². The molecule has 0 saturated heterocycles. The number of rotatable bonds is 3. The third kappa shape index (κ3) is 2.82. The molecule has 0 unspecified atom stereocenters. The highest BCUT2D eigenvalue weighted by Crippen LogP contribution is 2.27. The maximum absolute atomic E-state index is 5.79.